The largest absolute Gasteiger partial charge is 0.473 e. The molecule has 0 radical (unpaired) electrons. The third-order valence-electron chi connectivity index (χ3n) is 2.18. The quantitative estimate of drug-likeness (QED) is 0.462. The molecule has 0 atom stereocenters. The molecule has 17 heavy (non-hydrogen) atoms. The van der Waals surface area contributed by atoms with Crippen molar-refractivity contribution in [3.63, 3.8) is 0 Å². The molecule has 0 unspecified atom stereocenters. The highest BCUT2D eigenvalue weighted by Crippen LogP contribution is 2.16. The van der Waals surface area contributed by atoms with E-state index in [0.717, 1.165) is 0 Å². The van der Waals surface area contributed by atoms with Crippen LogP contribution in [0.5, 0.6) is 0 Å². The Morgan fingerprint density at radius 1 is 1.24 bits per heavy atom. The van der Waals surface area contributed by atoms with Crippen molar-refractivity contribution in [3.8, 4) is 0 Å². The second-order valence-corrected chi connectivity index (χ2v) is 3.38. The smallest absolute Gasteiger partial charge is 0.411 e. The van der Waals surface area contributed by atoms with Crippen LogP contribution in [-0.4, -0.2) is 22.1 Å². The van der Waals surface area contributed by atoms with E-state index in [-0.39, 0.29) is 0 Å². The lowest BCUT2D eigenvalue weighted by Crippen LogP contribution is -1.94. The maximum absolute atomic E-state index is 9.29. The summed E-state index contributed by atoms with van der Waals surface area (Å²) in [6.07, 6.45) is 0.389. The van der Waals surface area contributed by atoms with Gasteiger partial charge in [0, 0.05) is 0 Å². The van der Waals surface area contributed by atoms with Crippen LogP contribution < -0.4 is 0 Å². The number of carbonyl (C=O) groups is 1. The molecule has 0 aliphatic rings. The number of fused-ring (bicyclic) bond motifs is 1. The van der Waals surface area contributed by atoms with Gasteiger partial charge in [-0.05, 0) is 23.3 Å². The lowest BCUT2D eigenvalue weighted by atomic mass is 10.1. The van der Waals surface area contributed by atoms with Crippen molar-refractivity contribution in [3.05, 3.63) is 53.6 Å². The van der Waals surface area contributed by atoms with E-state index in [2.05, 4.69) is 54.2 Å². The molecule has 0 bridgehead atoms. The zero-order valence-corrected chi connectivity index (χ0v) is 9.37. The van der Waals surface area contributed by atoms with Crippen molar-refractivity contribution in [2.45, 2.75) is 6.92 Å². The molecule has 86 valence electrons. The van der Waals surface area contributed by atoms with E-state index < -0.39 is 5.97 Å². The summed E-state index contributed by atoms with van der Waals surface area (Å²) in [6, 6.07) is 14.8. The number of aliphatic carboxylic acids is 1. The molecule has 0 amide bonds. The Labute approximate surface area is 98.8 Å². The first-order chi connectivity index (χ1) is 8.15. The van der Waals surface area contributed by atoms with Gasteiger partial charge < -0.3 is 10.6 Å². The van der Waals surface area contributed by atoms with Crippen molar-refractivity contribution in [1.82, 2.24) is 0 Å². The van der Waals surface area contributed by atoms with Crippen LogP contribution in [0.15, 0.2) is 42.5 Å². The summed E-state index contributed by atoms with van der Waals surface area (Å²) in [5.74, 6) is -1.25. The van der Waals surface area contributed by atoms with Crippen molar-refractivity contribution in [1.29, 1.82) is 0 Å². The summed E-state index contributed by atoms with van der Waals surface area (Å²) in [5.41, 5.74) is 8.78. The van der Waals surface area contributed by atoms with Crippen LogP contribution in [-0.2, 0) is 4.79 Å². The van der Waals surface area contributed by atoms with Crippen LogP contribution in [0.25, 0.3) is 16.3 Å². The van der Waals surface area contributed by atoms with E-state index in [1.807, 2.05) is 0 Å². The summed E-state index contributed by atoms with van der Waals surface area (Å²) >= 11 is 0. The molecular weight excluding hydrogens is 216 g/mol. The second kappa shape index (κ2) is 6.20. The summed E-state index contributed by atoms with van der Waals surface area (Å²) in [5, 5.41) is 10.3. The van der Waals surface area contributed by atoms with Crippen molar-refractivity contribution in [2.75, 3.05) is 0 Å². The van der Waals surface area contributed by atoms with E-state index in [9.17, 15) is 4.79 Å². The number of rotatable bonds is 1. The highest BCUT2D eigenvalue weighted by molar-refractivity contribution is 6.19. The molecule has 2 aromatic rings. The topological polar surface area (TPSA) is 73.7 Å². The molecule has 0 saturated carbocycles. The lowest BCUT2D eigenvalue weighted by Gasteiger charge is -1.98. The van der Waals surface area contributed by atoms with Crippen molar-refractivity contribution in [2.24, 2.45) is 0 Å². The van der Waals surface area contributed by atoms with E-state index in [0.29, 0.717) is 6.21 Å². The average Bonchev–Trinajstić information content (AvgIpc) is 2.30. The Morgan fingerprint density at radius 3 is 2.41 bits per heavy atom. The molecule has 2 rings (SSSR count). The van der Waals surface area contributed by atoms with E-state index in [1.54, 1.807) is 0 Å². The van der Waals surface area contributed by atoms with Crippen LogP contribution in [0.1, 0.15) is 5.56 Å². The number of nitrogens with zero attached hydrogens (tertiary/aromatic N) is 2. The van der Waals surface area contributed by atoms with Gasteiger partial charge in [-0.25, -0.2) is 4.79 Å². The van der Waals surface area contributed by atoms with Gasteiger partial charge in [0.1, 0.15) is 0 Å². The first kappa shape index (κ1) is 12.6. The maximum atomic E-state index is 9.29. The minimum Gasteiger partial charge on any atom is -0.473 e. The van der Waals surface area contributed by atoms with E-state index in [1.165, 1.54) is 16.3 Å². The molecule has 0 aliphatic heterocycles. The third kappa shape index (κ3) is 3.89. The molecule has 4 heteroatoms. The highest BCUT2D eigenvalue weighted by atomic mass is 16.4. The van der Waals surface area contributed by atoms with Crippen molar-refractivity contribution >= 4 is 23.0 Å². The Hall–Kier alpha value is -2.45. The number of hydrogen-bond donors (Lipinski definition) is 1. The predicted octanol–water partition coefficient (Wildman–Crippen LogP) is 2.52. The van der Waals surface area contributed by atoms with Crippen molar-refractivity contribution < 1.29 is 14.7 Å². The van der Waals surface area contributed by atoms with Crippen LogP contribution in [0.4, 0.5) is 0 Å². The first-order valence-electron chi connectivity index (χ1n) is 5.00. The fourth-order valence-electron chi connectivity index (χ4n) is 1.44. The normalized spacial score (nSPS) is 8.76. The molecule has 0 spiro atoms. The summed E-state index contributed by atoms with van der Waals surface area (Å²) in [4.78, 5) is 11.5. The number of benzene rings is 2. The van der Waals surface area contributed by atoms with Gasteiger partial charge in [0.05, 0.1) is 0 Å². The van der Waals surface area contributed by atoms with Gasteiger partial charge in [-0.2, -0.15) is 4.79 Å². The summed E-state index contributed by atoms with van der Waals surface area (Å²) in [6.45, 7) is 2.14. The molecule has 0 heterocycles. The molecule has 1 N–H and O–H groups in total. The van der Waals surface area contributed by atoms with Gasteiger partial charge in [0.2, 0.25) is 0 Å². The molecule has 0 aromatic heterocycles. The van der Waals surface area contributed by atoms with Gasteiger partial charge >= 0.3 is 12.2 Å². The van der Waals surface area contributed by atoms with Gasteiger partial charge in [-0.3, -0.25) is 0 Å². The monoisotopic (exact) mass is 228 g/mol. The maximum Gasteiger partial charge on any atom is 0.411 e. The fraction of sp³-hybridized carbons (Fsp3) is 0.0769. The molecule has 0 aliphatic carbocycles. The standard InChI is InChI=1S/C11H10.C2H2N2O2/c1-9-5-4-7-10-6-2-3-8-11(9)10;3-4-1-2(5)6/h2-8H,1H3;1H,(H,5,6). The fourth-order valence-corrected chi connectivity index (χ4v) is 1.44. The van der Waals surface area contributed by atoms with Crippen LogP contribution in [0, 0.1) is 6.92 Å². The average molecular weight is 228 g/mol. The summed E-state index contributed by atoms with van der Waals surface area (Å²) in [7, 11) is 0. The first-order valence-corrected chi connectivity index (χ1v) is 5.00. The molecular formula is C13H12N2O2. The second-order valence-electron chi connectivity index (χ2n) is 3.38. The van der Waals surface area contributed by atoms with Gasteiger partial charge in [-0.15, -0.1) is 0 Å². The Balaban J connectivity index is 0.000000209. The Kier molecular flexibility index (Phi) is 4.60. The van der Waals surface area contributed by atoms with E-state index >= 15 is 0 Å². The number of hydrogen-bond acceptors (Lipinski definition) is 1. The molecule has 0 fully saturated rings. The Morgan fingerprint density at radius 2 is 1.88 bits per heavy atom. The lowest BCUT2D eigenvalue weighted by molar-refractivity contribution is -0.132. The van der Waals surface area contributed by atoms with E-state index in [4.69, 9.17) is 10.6 Å². The minimum absolute atomic E-state index is 0.389. The molecule has 0 saturated heterocycles. The number of carboxylic acid groups (broad SMARTS) is 1. The van der Waals surface area contributed by atoms with Gasteiger partial charge in [-0.1, -0.05) is 42.5 Å². The van der Waals surface area contributed by atoms with Crippen LogP contribution >= 0.6 is 0 Å². The predicted molar refractivity (Wildman–Crippen MR) is 66.0 cm³/mol. The zero-order chi connectivity index (χ0) is 12.7. The van der Waals surface area contributed by atoms with Crippen LogP contribution in [0.2, 0.25) is 0 Å². The molecule has 2 aromatic carbocycles. The number of aryl methyl sites for hydroxylation is 1. The number of carboxylic acids is 1. The summed E-state index contributed by atoms with van der Waals surface area (Å²) < 4.78 is 0. The van der Waals surface area contributed by atoms with Gasteiger partial charge in [0.25, 0.3) is 0 Å². The zero-order valence-electron chi connectivity index (χ0n) is 9.37. The SMILES string of the molecule is Cc1cccc2ccccc12.[N-]=[N+]=CC(=O)O. The molecule has 4 nitrogen and oxygen atoms in total. The van der Waals surface area contributed by atoms with Gasteiger partial charge in [0.15, 0.2) is 0 Å². The minimum atomic E-state index is -1.25. The Bertz CT molecular complexity index is 567. The highest BCUT2D eigenvalue weighted by Gasteiger charge is 1.92. The van der Waals surface area contributed by atoms with Crippen LogP contribution in [0.3, 0.4) is 0 Å². The third-order valence-corrected chi connectivity index (χ3v) is 2.18.